The van der Waals surface area contributed by atoms with Gasteiger partial charge in [0.1, 0.15) is 17.1 Å². The molecular formula is C16H18N3+. The van der Waals surface area contributed by atoms with Gasteiger partial charge in [-0.2, -0.15) is 0 Å². The van der Waals surface area contributed by atoms with Crippen molar-refractivity contribution in [2.45, 2.75) is 27.3 Å². The lowest BCUT2D eigenvalue weighted by Gasteiger charge is -2.02. The molecule has 0 aliphatic carbocycles. The molecule has 0 aliphatic heterocycles. The molecule has 2 heterocycles. The van der Waals surface area contributed by atoms with Gasteiger partial charge in [0.2, 0.25) is 0 Å². The summed E-state index contributed by atoms with van der Waals surface area (Å²) in [6.45, 7) is 7.36. The minimum atomic E-state index is 0.954. The highest BCUT2D eigenvalue weighted by molar-refractivity contribution is 5.62. The summed E-state index contributed by atoms with van der Waals surface area (Å²) < 4.78 is 4.31. The normalized spacial score (nSPS) is 11.1. The van der Waals surface area contributed by atoms with Gasteiger partial charge in [-0.25, -0.2) is 4.57 Å². The van der Waals surface area contributed by atoms with E-state index in [9.17, 15) is 0 Å². The zero-order chi connectivity index (χ0) is 13.4. The van der Waals surface area contributed by atoms with E-state index in [1.807, 2.05) is 22.7 Å². The van der Waals surface area contributed by atoms with Gasteiger partial charge in [0.15, 0.2) is 0 Å². The van der Waals surface area contributed by atoms with Crippen LogP contribution >= 0.6 is 0 Å². The molecule has 3 nitrogen and oxygen atoms in total. The van der Waals surface area contributed by atoms with Gasteiger partial charge < -0.3 is 0 Å². The predicted octanol–water partition coefficient (Wildman–Crippen LogP) is 2.93. The van der Waals surface area contributed by atoms with E-state index < -0.39 is 0 Å². The van der Waals surface area contributed by atoms with Crippen LogP contribution in [0.2, 0.25) is 0 Å². The first-order valence-corrected chi connectivity index (χ1v) is 6.66. The summed E-state index contributed by atoms with van der Waals surface area (Å²) in [6, 6.07) is 14.7. The number of nitrogens with zero attached hydrogens (tertiary/aromatic N) is 3. The Labute approximate surface area is 113 Å². The highest BCUT2D eigenvalue weighted by Gasteiger charge is 2.17. The molecule has 0 amide bonds. The average molecular weight is 252 g/mol. The van der Waals surface area contributed by atoms with Crippen LogP contribution in [0.5, 0.6) is 0 Å². The second-order valence-electron chi connectivity index (χ2n) is 4.84. The van der Waals surface area contributed by atoms with Crippen LogP contribution in [0.1, 0.15) is 18.3 Å². The van der Waals surface area contributed by atoms with Gasteiger partial charge in [0, 0.05) is 18.6 Å². The Bertz CT molecular complexity index is 727. The van der Waals surface area contributed by atoms with E-state index in [1.54, 1.807) is 0 Å². The fourth-order valence-electron chi connectivity index (χ4n) is 2.61. The largest absolute Gasteiger partial charge is 0.309 e. The van der Waals surface area contributed by atoms with Crippen molar-refractivity contribution in [1.82, 2.24) is 9.61 Å². The minimum Gasteiger partial charge on any atom is -0.230 e. The quantitative estimate of drug-likeness (QED) is 0.642. The van der Waals surface area contributed by atoms with Crippen LogP contribution in [-0.4, -0.2) is 9.61 Å². The lowest BCUT2D eigenvalue weighted by atomic mass is 10.2. The first kappa shape index (κ1) is 11.9. The molecule has 0 unspecified atom stereocenters. The van der Waals surface area contributed by atoms with E-state index in [-0.39, 0.29) is 0 Å². The van der Waals surface area contributed by atoms with E-state index in [0.717, 1.165) is 23.4 Å². The number of fused-ring (bicyclic) bond motifs is 1. The molecule has 0 spiro atoms. The van der Waals surface area contributed by atoms with Crippen molar-refractivity contribution in [2.75, 3.05) is 0 Å². The lowest BCUT2D eigenvalue weighted by Crippen LogP contribution is -2.38. The maximum absolute atomic E-state index is 4.73. The van der Waals surface area contributed by atoms with Crippen molar-refractivity contribution < 1.29 is 4.57 Å². The second-order valence-corrected chi connectivity index (χ2v) is 4.84. The van der Waals surface area contributed by atoms with Crippen LogP contribution in [0, 0.1) is 13.8 Å². The second kappa shape index (κ2) is 4.50. The Morgan fingerprint density at radius 1 is 1.11 bits per heavy atom. The molecule has 3 rings (SSSR count). The highest BCUT2D eigenvalue weighted by Crippen LogP contribution is 2.19. The third-order valence-electron chi connectivity index (χ3n) is 3.53. The van der Waals surface area contributed by atoms with E-state index in [4.69, 9.17) is 5.10 Å². The number of hydrogen-bond acceptors (Lipinski definition) is 1. The summed E-state index contributed by atoms with van der Waals surface area (Å²) in [5.41, 5.74) is 5.77. The zero-order valence-electron chi connectivity index (χ0n) is 11.6. The number of aromatic nitrogens is 3. The van der Waals surface area contributed by atoms with Gasteiger partial charge in [0.05, 0.1) is 12.6 Å². The van der Waals surface area contributed by atoms with Crippen molar-refractivity contribution in [3.8, 4) is 11.3 Å². The lowest BCUT2D eigenvalue weighted by molar-refractivity contribution is -0.677. The topological polar surface area (TPSA) is 21.2 Å². The van der Waals surface area contributed by atoms with Gasteiger partial charge in [-0.3, -0.25) is 0 Å². The first-order valence-electron chi connectivity index (χ1n) is 6.66. The summed E-state index contributed by atoms with van der Waals surface area (Å²) >= 11 is 0. The van der Waals surface area contributed by atoms with Crippen LogP contribution in [-0.2, 0) is 6.54 Å². The first-order chi connectivity index (χ1) is 9.20. The summed E-state index contributed by atoms with van der Waals surface area (Å²) in [5, 5.41) is 4.73. The summed E-state index contributed by atoms with van der Waals surface area (Å²) in [4.78, 5) is 0. The Kier molecular flexibility index (Phi) is 2.82. The summed E-state index contributed by atoms with van der Waals surface area (Å²) in [5.74, 6) is 0. The van der Waals surface area contributed by atoms with Crippen molar-refractivity contribution in [2.24, 2.45) is 0 Å². The molecule has 0 bridgehead atoms. The van der Waals surface area contributed by atoms with E-state index in [1.165, 1.54) is 11.4 Å². The Morgan fingerprint density at radius 3 is 2.53 bits per heavy atom. The minimum absolute atomic E-state index is 0.954. The average Bonchev–Trinajstić information content (AvgIpc) is 2.85. The van der Waals surface area contributed by atoms with Crippen molar-refractivity contribution in [3.05, 3.63) is 53.9 Å². The molecule has 3 heteroatoms. The smallest absolute Gasteiger partial charge is 0.230 e. The van der Waals surface area contributed by atoms with E-state index in [0.29, 0.717) is 0 Å². The summed E-state index contributed by atoms with van der Waals surface area (Å²) in [6.07, 6.45) is 0. The third kappa shape index (κ3) is 1.91. The monoisotopic (exact) mass is 252 g/mol. The number of aryl methyl sites for hydroxylation is 3. The maximum Gasteiger partial charge on any atom is 0.309 e. The molecule has 0 fully saturated rings. The molecule has 0 N–H and O–H groups in total. The molecule has 2 aromatic heterocycles. The molecular weight excluding hydrogens is 234 g/mol. The van der Waals surface area contributed by atoms with Crippen LogP contribution < -0.4 is 4.57 Å². The fraction of sp³-hybridized carbons (Fsp3) is 0.250. The summed E-state index contributed by atoms with van der Waals surface area (Å²) in [7, 11) is 0. The zero-order valence-corrected chi connectivity index (χ0v) is 11.6. The molecule has 0 aliphatic rings. The fourth-order valence-corrected chi connectivity index (χ4v) is 2.61. The third-order valence-corrected chi connectivity index (χ3v) is 3.53. The standard InChI is InChI=1S/C16H18N3/c1-4-18-12(2)10-13(3)19-16(18)11-15(17-19)14-8-6-5-7-9-14/h5-11H,4H2,1-3H3/q+1. The van der Waals surface area contributed by atoms with Gasteiger partial charge in [-0.15, -0.1) is 4.52 Å². The molecule has 3 aromatic rings. The van der Waals surface area contributed by atoms with Crippen LogP contribution in [0.15, 0.2) is 42.5 Å². The van der Waals surface area contributed by atoms with Crippen molar-refractivity contribution in [1.29, 1.82) is 0 Å². The van der Waals surface area contributed by atoms with Crippen LogP contribution in [0.25, 0.3) is 16.9 Å². The maximum atomic E-state index is 4.73. The molecule has 0 atom stereocenters. The Hall–Kier alpha value is -2.16. The molecule has 96 valence electrons. The van der Waals surface area contributed by atoms with Crippen LogP contribution in [0.4, 0.5) is 0 Å². The van der Waals surface area contributed by atoms with Gasteiger partial charge in [-0.05, 0) is 13.8 Å². The van der Waals surface area contributed by atoms with Gasteiger partial charge in [0.25, 0.3) is 0 Å². The molecule has 0 saturated carbocycles. The molecule has 1 aromatic carbocycles. The van der Waals surface area contributed by atoms with E-state index in [2.05, 4.69) is 49.6 Å². The molecule has 0 radical (unpaired) electrons. The van der Waals surface area contributed by atoms with E-state index >= 15 is 0 Å². The SMILES string of the molecule is CC[n+]1c(C)cc(C)n2nc(-c3ccccc3)cc21. The molecule has 0 saturated heterocycles. The number of rotatable bonds is 2. The van der Waals surface area contributed by atoms with Gasteiger partial charge in [-0.1, -0.05) is 35.4 Å². The Balaban J connectivity index is 2.29. The number of benzene rings is 1. The predicted molar refractivity (Wildman–Crippen MR) is 76.0 cm³/mol. The van der Waals surface area contributed by atoms with Crippen molar-refractivity contribution in [3.63, 3.8) is 0 Å². The van der Waals surface area contributed by atoms with Crippen LogP contribution in [0.3, 0.4) is 0 Å². The Morgan fingerprint density at radius 2 is 1.84 bits per heavy atom. The van der Waals surface area contributed by atoms with Gasteiger partial charge >= 0.3 is 5.65 Å². The molecule has 19 heavy (non-hydrogen) atoms. The number of hydrogen-bond donors (Lipinski definition) is 0. The van der Waals surface area contributed by atoms with Crippen molar-refractivity contribution >= 4 is 5.65 Å². The highest BCUT2D eigenvalue weighted by atomic mass is 15.3.